The number of hydrogen-bond donors (Lipinski definition) is 2. The van der Waals surface area contributed by atoms with Crippen molar-refractivity contribution < 1.29 is 14.7 Å². The molecule has 0 saturated carbocycles. The highest BCUT2D eigenvalue weighted by molar-refractivity contribution is 5.88. The van der Waals surface area contributed by atoms with Gasteiger partial charge in [-0.1, -0.05) is 27.7 Å². The minimum absolute atomic E-state index is 0.0476. The highest BCUT2D eigenvalue weighted by Crippen LogP contribution is 2.14. The standard InChI is InChI=1S/C13H24N2O3/c1-8(2)5-11(17)14-12(9(3)4)13(18)15-6-10(16)7-15/h8-10,12,16H,5-7H2,1-4H3,(H,14,17). The summed E-state index contributed by atoms with van der Waals surface area (Å²) in [5.74, 6) is 0.149. The van der Waals surface area contributed by atoms with Crippen molar-refractivity contribution in [2.75, 3.05) is 13.1 Å². The van der Waals surface area contributed by atoms with E-state index in [1.807, 2.05) is 27.7 Å². The Morgan fingerprint density at radius 1 is 1.28 bits per heavy atom. The summed E-state index contributed by atoms with van der Waals surface area (Å²) in [7, 11) is 0. The predicted octanol–water partition coefficient (Wildman–Crippen LogP) is 0.376. The summed E-state index contributed by atoms with van der Waals surface area (Å²) in [5, 5.41) is 12.0. The number of β-amino-alcohol motifs (C(OH)–C–C–N with tert-alkyl or cyclic N) is 1. The van der Waals surface area contributed by atoms with Crippen molar-refractivity contribution in [2.24, 2.45) is 11.8 Å². The maximum absolute atomic E-state index is 12.1. The molecule has 1 saturated heterocycles. The fourth-order valence-corrected chi connectivity index (χ4v) is 1.95. The average molecular weight is 256 g/mol. The van der Waals surface area contributed by atoms with Gasteiger partial charge in [0.05, 0.1) is 6.10 Å². The molecule has 0 aliphatic carbocycles. The smallest absolute Gasteiger partial charge is 0.245 e. The van der Waals surface area contributed by atoms with Crippen LogP contribution in [0.2, 0.25) is 0 Å². The Labute approximate surface area is 109 Å². The summed E-state index contributed by atoms with van der Waals surface area (Å²) < 4.78 is 0. The van der Waals surface area contributed by atoms with Gasteiger partial charge in [0.15, 0.2) is 0 Å². The summed E-state index contributed by atoms with van der Waals surface area (Å²) in [6, 6.07) is -0.483. The first-order chi connectivity index (χ1) is 8.31. The second-order valence-corrected chi connectivity index (χ2v) is 5.78. The number of nitrogens with zero attached hydrogens (tertiary/aromatic N) is 1. The Kier molecular flexibility index (Phi) is 5.14. The molecule has 18 heavy (non-hydrogen) atoms. The molecular weight excluding hydrogens is 232 g/mol. The maximum atomic E-state index is 12.1. The zero-order valence-electron chi connectivity index (χ0n) is 11.6. The van der Waals surface area contributed by atoms with E-state index in [2.05, 4.69) is 5.32 Å². The number of carbonyl (C=O) groups is 2. The van der Waals surface area contributed by atoms with Crippen molar-refractivity contribution in [3.63, 3.8) is 0 Å². The van der Waals surface area contributed by atoms with E-state index in [0.29, 0.717) is 19.5 Å². The van der Waals surface area contributed by atoms with Crippen molar-refractivity contribution >= 4 is 11.8 Å². The molecule has 1 aliphatic rings. The minimum atomic E-state index is -0.483. The molecule has 104 valence electrons. The fourth-order valence-electron chi connectivity index (χ4n) is 1.95. The largest absolute Gasteiger partial charge is 0.389 e. The molecule has 0 bridgehead atoms. The summed E-state index contributed by atoms with van der Waals surface area (Å²) in [6.07, 6.45) is 0.0205. The predicted molar refractivity (Wildman–Crippen MR) is 68.8 cm³/mol. The van der Waals surface area contributed by atoms with Crippen LogP contribution in [-0.4, -0.2) is 47.1 Å². The lowest BCUT2D eigenvalue weighted by Crippen LogP contribution is -2.60. The Hall–Kier alpha value is -1.10. The van der Waals surface area contributed by atoms with Gasteiger partial charge in [-0.3, -0.25) is 9.59 Å². The molecule has 1 heterocycles. The van der Waals surface area contributed by atoms with E-state index in [1.165, 1.54) is 0 Å². The van der Waals surface area contributed by atoms with E-state index in [1.54, 1.807) is 4.90 Å². The lowest BCUT2D eigenvalue weighted by Gasteiger charge is -2.39. The summed E-state index contributed by atoms with van der Waals surface area (Å²) >= 11 is 0. The number of nitrogens with one attached hydrogen (secondary N) is 1. The number of aliphatic hydroxyl groups excluding tert-OH is 1. The second-order valence-electron chi connectivity index (χ2n) is 5.78. The third kappa shape index (κ3) is 3.98. The quantitative estimate of drug-likeness (QED) is 0.747. The summed E-state index contributed by atoms with van der Waals surface area (Å²) in [4.78, 5) is 25.5. The van der Waals surface area contributed by atoms with Crippen LogP contribution >= 0.6 is 0 Å². The third-order valence-corrected chi connectivity index (χ3v) is 3.02. The lowest BCUT2D eigenvalue weighted by molar-refractivity contribution is -0.146. The number of rotatable bonds is 5. The first-order valence-corrected chi connectivity index (χ1v) is 6.57. The number of amides is 2. The van der Waals surface area contributed by atoms with Crippen LogP contribution in [0.5, 0.6) is 0 Å². The first kappa shape index (κ1) is 15.0. The zero-order chi connectivity index (χ0) is 13.9. The topological polar surface area (TPSA) is 69.6 Å². The van der Waals surface area contributed by atoms with Crippen LogP contribution in [0.25, 0.3) is 0 Å². The van der Waals surface area contributed by atoms with E-state index in [-0.39, 0.29) is 23.7 Å². The van der Waals surface area contributed by atoms with Gasteiger partial charge in [0.2, 0.25) is 11.8 Å². The summed E-state index contributed by atoms with van der Waals surface area (Å²) in [6.45, 7) is 8.52. The number of likely N-dealkylation sites (tertiary alicyclic amines) is 1. The van der Waals surface area contributed by atoms with Gasteiger partial charge in [-0.05, 0) is 11.8 Å². The van der Waals surface area contributed by atoms with Gasteiger partial charge >= 0.3 is 0 Å². The van der Waals surface area contributed by atoms with Gasteiger partial charge in [0, 0.05) is 19.5 Å². The monoisotopic (exact) mass is 256 g/mol. The van der Waals surface area contributed by atoms with E-state index < -0.39 is 12.1 Å². The van der Waals surface area contributed by atoms with E-state index in [4.69, 9.17) is 0 Å². The number of hydrogen-bond acceptors (Lipinski definition) is 3. The molecule has 0 radical (unpaired) electrons. The van der Waals surface area contributed by atoms with E-state index in [0.717, 1.165) is 0 Å². The second kappa shape index (κ2) is 6.18. The van der Waals surface area contributed by atoms with Gasteiger partial charge < -0.3 is 15.3 Å². The highest BCUT2D eigenvalue weighted by Gasteiger charge is 2.35. The van der Waals surface area contributed by atoms with Crippen molar-refractivity contribution in [2.45, 2.75) is 46.3 Å². The maximum Gasteiger partial charge on any atom is 0.245 e. The zero-order valence-corrected chi connectivity index (χ0v) is 11.6. The SMILES string of the molecule is CC(C)CC(=O)NC(C(=O)N1CC(O)C1)C(C)C. The van der Waals surface area contributed by atoms with Crippen LogP contribution in [0.15, 0.2) is 0 Å². The molecule has 1 aliphatic heterocycles. The molecule has 0 spiro atoms. The van der Waals surface area contributed by atoms with Gasteiger partial charge in [0.1, 0.15) is 6.04 Å². The number of carbonyl (C=O) groups excluding carboxylic acids is 2. The molecule has 5 nitrogen and oxygen atoms in total. The molecular formula is C13H24N2O3. The van der Waals surface area contributed by atoms with E-state index in [9.17, 15) is 14.7 Å². The molecule has 2 N–H and O–H groups in total. The molecule has 1 fully saturated rings. The molecule has 0 aromatic rings. The van der Waals surface area contributed by atoms with Gasteiger partial charge in [-0.25, -0.2) is 0 Å². The van der Waals surface area contributed by atoms with Crippen LogP contribution in [-0.2, 0) is 9.59 Å². The van der Waals surface area contributed by atoms with Gasteiger partial charge in [-0.2, -0.15) is 0 Å². The Bertz CT molecular complexity index is 309. The fraction of sp³-hybridized carbons (Fsp3) is 0.846. The van der Waals surface area contributed by atoms with Crippen LogP contribution in [0.1, 0.15) is 34.1 Å². The van der Waals surface area contributed by atoms with Crippen LogP contribution < -0.4 is 5.32 Å². The molecule has 0 aromatic carbocycles. The molecule has 0 aromatic heterocycles. The van der Waals surface area contributed by atoms with E-state index >= 15 is 0 Å². The molecule has 1 unspecified atom stereocenters. The highest BCUT2D eigenvalue weighted by atomic mass is 16.3. The minimum Gasteiger partial charge on any atom is -0.389 e. The lowest BCUT2D eigenvalue weighted by atomic mass is 9.99. The average Bonchev–Trinajstić information content (AvgIpc) is 2.19. The van der Waals surface area contributed by atoms with Crippen molar-refractivity contribution in [1.82, 2.24) is 10.2 Å². The van der Waals surface area contributed by atoms with Gasteiger partial charge in [-0.15, -0.1) is 0 Å². The number of aliphatic hydroxyl groups is 1. The van der Waals surface area contributed by atoms with Crippen LogP contribution in [0.4, 0.5) is 0 Å². The van der Waals surface area contributed by atoms with Gasteiger partial charge in [0.25, 0.3) is 0 Å². The normalized spacial score (nSPS) is 17.8. The molecule has 1 atom stereocenters. The Balaban J connectivity index is 2.54. The Morgan fingerprint density at radius 3 is 2.22 bits per heavy atom. The van der Waals surface area contributed by atoms with Crippen molar-refractivity contribution in [3.8, 4) is 0 Å². The third-order valence-electron chi connectivity index (χ3n) is 3.02. The first-order valence-electron chi connectivity index (χ1n) is 6.57. The van der Waals surface area contributed by atoms with Crippen LogP contribution in [0, 0.1) is 11.8 Å². The molecule has 2 amide bonds. The van der Waals surface area contributed by atoms with Crippen molar-refractivity contribution in [1.29, 1.82) is 0 Å². The summed E-state index contributed by atoms with van der Waals surface area (Å²) in [5.41, 5.74) is 0. The molecule has 1 rings (SSSR count). The molecule has 5 heteroatoms. The Morgan fingerprint density at radius 2 is 1.83 bits per heavy atom. The van der Waals surface area contributed by atoms with Crippen LogP contribution in [0.3, 0.4) is 0 Å². The van der Waals surface area contributed by atoms with Crippen molar-refractivity contribution in [3.05, 3.63) is 0 Å².